The van der Waals surface area contributed by atoms with E-state index in [4.69, 9.17) is 5.73 Å². The van der Waals surface area contributed by atoms with Gasteiger partial charge in [-0.15, -0.1) is 12.4 Å². The quantitative estimate of drug-likeness (QED) is 0.789. The minimum Gasteiger partial charge on any atom is -0.326 e. The average molecular weight is 221 g/mol. The van der Waals surface area contributed by atoms with Gasteiger partial charge in [0.1, 0.15) is 0 Å². The third-order valence-electron chi connectivity index (χ3n) is 2.74. The van der Waals surface area contributed by atoms with Crippen molar-refractivity contribution in [3.05, 3.63) is 0 Å². The molecule has 0 saturated carbocycles. The highest BCUT2D eigenvalue weighted by atomic mass is 35.5. The van der Waals surface area contributed by atoms with Crippen LogP contribution in [0.4, 0.5) is 0 Å². The Labute approximate surface area is 94.6 Å². The Morgan fingerprint density at radius 2 is 1.71 bits per heavy atom. The third kappa shape index (κ3) is 6.63. The van der Waals surface area contributed by atoms with Gasteiger partial charge in [-0.3, -0.25) is 0 Å². The predicted octanol–water partition coefficient (Wildman–Crippen LogP) is 2.41. The number of hydrogen-bond donors (Lipinski definition) is 1. The first kappa shape index (κ1) is 14.2. The molecule has 86 valence electrons. The summed E-state index contributed by atoms with van der Waals surface area (Å²) in [7, 11) is 0. The standard InChI is InChI=1S/C11H24N2.ClH/c1-11(2,12)7-6-10-13-8-4-3-5-9-13;/h3-10,12H2,1-2H3;1H. The molecular weight excluding hydrogens is 196 g/mol. The second kappa shape index (κ2) is 6.65. The number of hydrogen-bond acceptors (Lipinski definition) is 2. The van der Waals surface area contributed by atoms with Crippen LogP contribution in [0.15, 0.2) is 0 Å². The lowest BCUT2D eigenvalue weighted by Gasteiger charge is -2.27. The lowest BCUT2D eigenvalue weighted by molar-refractivity contribution is 0.219. The van der Waals surface area contributed by atoms with Gasteiger partial charge in [0.15, 0.2) is 0 Å². The van der Waals surface area contributed by atoms with E-state index in [2.05, 4.69) is 18.7 Å². The molecule has 3 heteroatoms. The lowest BCUT2D eigenvalue weighted by Crippen LogP contribution is -2.35. The molecule has 0 aromatic heterocycles. The zero-order valence-electron chi connectivity index (χ0n) is 9.59. The van der Waals surface area contributed by atoms with E-state index in [1.807, 2.05) is 0 Å². The fourth-order valence-corrected chi connectivity index (χ4v) is 1.94. The van der Waals surface area contributed by atoms with E-state index in [0.717, 1.165) is 6.42 Å². The van der Waals surface area contributed by atoms with Crippen LogP contribution in [-0.4, -0.2) is 30.1 Å². The van der Waals surface area contributed by atoms with Crippen molar-refractivity contribution in [3.63, 3.8) is 0 Å². The first-order valence-electron chi connectivity index (χ1n) is 5.59. The van der Waals surface area contributed by atoms with E-state index < -0.39 is 0 Å². The van der Waals surface area contributed by atoms with Crippen LogP contribution in [0.25, 0.3) is 0 Å². The maximum atomic E-state index is 5.93. The molecule has 0 bridgehead atoms. The van der Waals surface area contributed by atoms with E-state index >= 15 is 0 Å². The van der Waals surface area contributed by atoms with Gasteiger partial charge in [0.05, 0.1) is 0 Å². The van der Waals surface area contributed by atoms with Gasteiger partial charge in [-0.1, -0.05) is 6.42 Å². The Kier molecular flexibility index (Phi) is 6.75. The summed E-state index contributed by atoms with van der Waals surface area (Å²) in [5, 5.41) is 0. The second-order valence-corrected chi connectivity index (χ2v) is 4.99. The van der Waals surface area contributed by atoms with Gasteiger partial charge in [0.2, 0.25) is 0 Å². The predicted molar refractivity (Wildman–Crippen MR) is 65.0 cm³/mol. The summed E-state index contributed by atoms with van der Waals surface area (Å²) in [5.74, 6) is 0. The lowest BCUT2D eigenvalue weighted by atomic mass is 9.99. The first-order valence-corrected chi connectivity index (χ1v) is 5.59. The van der Waals surface area contributed by atoms with Gasteiger partial charge >= 0.3 is 0 Å². The smallest absolute Gasteiger partial charge is 0.00975 e. The Bertz CT molecular complexity index is 137. The van der Waals surface area contributed by atoms with Gasteiger partial charge in [-0.25, -0.2) is 0 Å². The maximum absolute atomic E-state index is 5.93. The Morgan fingerprint density at radius 1 is 1.14 bits per heavy atom. The highest BCUT2D eigenvalue weighted by molar-refractivity contribution is 5.85. The zero-order valence-corrected chi connectivity index (χ0v) is 10.4. The number of rotatable bonds is 4. The summed E-state index contributed by atoms with van der Waals surface area (Å²) in [6, 6.07) is 0. The Hall–Kier alpha value is 0.210. The zero-order chi connectivity index (χ0) is 9.73. The van der Waals surface area contributed by atoms with Crippen LogP contribution in [0.1, 0.15) is 46.0 Å². The van der Waals surface area contributed by atoms with E-state index in [1.165, 1.54) is 45.3 Å². The van der Waals surface area contributed by atoms with E-state index in [9.17, 15) is 0 Å². The molecule has 0 atom stereocenters. The minimum absolute atomic E-state index is 0. The molecule has 0 aliphatic carbocycles. The van der Waals surface area contributed by atoms with E-state index in [1.54, 1.807) is 0 Å². The van der Waals surface area contributed by atoms with Crippen LogP contribution < -0.4 is 5.73 Å². The largest absolute Gasteiger partial charge is 0.326 e. The average Bonchev–Trinajstić information content (AvgIpc) is 2.04. The third-order valence-corrected chi connectivity index (χ3v) is 2.74. The Morgan fingerprint density at radius 3 is 2.21 bits per heavy atom. The van der Waals surface area contributed by atoms with Crippen LogP contribution in [0.2, 0.25) is 0 Å². The summed E-state index contributed by atoms with van der Waals surface area (Å²) < 4.78 is 0. The van der Waals surface area contributed by atoms with Gasteiger partial charge in [-0.2, -0.15) is 0 Å². The molecule has 0 aromatic carbocycles. The topological polar surface area (TPSA) is 29.3 Å². The number of likely N-dealkylation sites (tertiary alicyclic amines) is 1. The molecule has 1 rings (SSSR count). The van der Waals surface area contributed by atoms with Crippen LogP contribution in [0.5, 0.6) is 0 Å². The fourth-order valence-electron chi connectivity index (χ4n) is 1.94. The normalized spacial score (nSPS) is 19.1. The van der Waals surface area contributed by atoms with E-state index in [-0.39, 0.29) is 17.9 Å². The van der Waals surface area contributed by atoms with Crippen molar-refractivity contribution in [2.45, 2.75) is 51.5 Å². The van der Waals surface area contributed by atoms with Crippen LogP contribution in [0, 0.1) is 0 Å². The molecule has 0 spiro atoms. The van der Waals surface area contributed by atoms with Crippen molar-refractivity contribution >= 4 is 12.4 Å². The summed E-state index contributed by atoms with van der Waals surface area (Å²) in [4.78, 5) is 2.58. The second-order valence-electron chi connectivity index (χ2n) is 4.99. The summed E-state index contributed by atoms with van der Waals surface area (Å²) in [5.41, 5.74) is 5.96. The maximum Gasteiger partial charge on any atom is 0.00975 e. The molecule has 1 aliphatic rings. The van der Waals surface area contributed by atoms with Crippen molar-refractivity contribution in [2.75, 3.05) is 19.6 Å². The van der Waals surface area contributed by atoms with Crippen LogP contribution in [0.3, 0.4) is 0 Å². The molecule has 0 unspecified atom stereocenters. The highest BCUT2D eigenvalue weighted by Crippen LogP contribution is 2.12. The number of piperidine rings is 1. The van der Waals surface area contributed by atoms with Crippen LogP contribution >= 0.6 is 12.4 Å². The monoisotopic (exact) mass is 220 g/mol. The summed E-state index contributed by atoms with van der Waals surface area (Å²) in [6.07, 6.45) is 6.61. The van der Waals surface area contributed by atoms with Crippen molar-refractivity contribution in [2.24, 2.45) is 5.73 Å². The summed E-state index contributed by atoms with van der Waals surface area (Å²) in [6.45, 7) is 8.10. The highest BCUT2D eigenvalue weighted by Gasteiger charge is 2.13. The molecule has 1 fully saturated rings. The number of nitrogens with zero attached hydrogens (tertiary/aromatic N) is 1. The van der Waals surface area contributed by atoms with Gasteiger partial charge in [-0.05, 0) is 59.2 Å². The molecular formula is C11H25ClN2. The fraction of sp³-hybridized carbons (Fsp3) is 1.00. The molecule has 0 amide bonds. The molecule has 1 saturated heterocycles. The van der Waals surface area contributed by atoms with Gasteiger partial charge in [0, 0.05) is 5.54 Å². The van der Waals surface area contributed by atoms with E-state index in [0.29, 0.717) is 0 Å². The van der Waals surface area contributed by atoms with Crippen LogP contribution in [-0.2, 0) is 0 Å². The van der Waals surface area contributed by atoms with Crippen molar-refractivity contribution in [3.8, 4) is 0 Å². The molecule has 2 nitrogen and oxygen atoms in total. The minimum atomic E-state index is 0. The Balaban J connectivity index is 0.00000169. The van der Waals surface area contributed by atoms with Gasteiger partial charge < -0.3 is 10.6 Å². The first-order chi connectivity index (χ1) is 6.08. The molecule has 14 heavy (non-hydrogen) atoms. The number of halogens is 1. The van der Waals surface area contributed by atoms with Crippen molar-refractivity contribution < 1.29 is 0 Å². The molecule has 1 heterocycles. The molecule has 1 aliphatic heterocycles. The molecule has 0 radical (unpaired) electrons. The molecule has 2 N–H and O–H groups in total. The van der Waals surface area contributed by atoms with Crippen molar-refractivity contribution in [1.29, 1.82) is 0 Å². The van der Waals surface area contributed by atoms with Gasteiger partial charge in [0.25, 0.3) is 0 Å². The molecule has 0 aromatic rings. The SMILES string of the molecule is CC(C)(N)CCCN1CCCCC1.Cl. The van der Waals surface area contributed by atoms with Crippen molar-refractivity contribution in [1.82, 2.24) is 4.90 Å². The number of nitrogens with two attached hydrogens (primary N) is 1. The summed E-state index contributed by atoms with van der Waals surface area (Å²) >= 11 is 0.